The van der Waals surface area contributed by atoms with Crippen molar-refractivity contribution in [3.05, 3.63) is 47.3 Å². The number of hydrogen-bond acceptors (Lipinski definition) is 1. The van der Waals surface area contributed by atoms with Crippen LogP contribution in [0.15, 0.2) is 35.9 Å². The van der Waals surface area contributed by atoms with E-state index in [4.69, 9.17) is 0 Å². The van der Waals surface area contributed by atoms with E-state index in [0.717, 1.165) is 12.8 Å². The molecule has 2 nitrogen and oxygen atoms in total. The Labute approximate surface area is 113 Å². The van der Waals surface area contributed by atoms with Crippen LogP contribution in [0.5, 0.6) is 0 Å². The van der Waals surface area contributed by atoms with Crippen LogP contribution in [-0.4, -0.2) is 12.5 Å². The third-order valence-electron chi connectivity index (χ3n) is 3.48. The minimum Gasteiger partial charge on any atom is -0.352 e. The maximum absolute atomic E-state index is 13.4. The first kappa shape index (κ1) is 13.8. The van der Waals surface area contributed by atoms with Gasteiger partial charge in [0, 0.05) is 13.0 Å². The maximum Gasteiger partial charge on any atom is 0.220 e. The molecule has 0 unspecified atom stereocenters. The van der Waals surface area contributed by atoms with Crippen LogP contribution in [0.25, 0.3) is 0 Å². The lowest BCUT2D eigenvalue weighted by atomic mass is 9.99. The molecule has 0 atom stereocenters. The monoisotopic (exact) mass is 261 g/mol. The van der Waals surface area contributed by atoms with Crippen molar-refractivity contribution in [1.82, 2.24) is 5.32 Å². The molecule has 0 heterocycles. The lowest BCUT2D eigenvalue weighted by Gasteiger charge is -2.13. The summed E-state index contributed by atoms with van der Waals surface area (Å²) < 4.78 is 13.4. The maximum atomic E-state index is 13.4. The smallest absolute Gasteiger partial charge is 0.220 e. The number of rotatable bonds is 5. The molecule has 1 aromatic carbocycles. The summed E-state index contributed by atoms with van der Waals surface area (Å²) in [6.07, 6.45) is 7.71. The summed E-state index contributed by atoms with van der Waals surface area (Å²) in [7, 11) is 0. The largest absolute Gasteiger partial charge is 0.352 e. The summed E-state index contributed by atoms with van der Waals surface area (Å²) in [4.78, 5) is 11.7. The molecule has 0 saturated heterocycles. The van der Waals surface area contributed by atoms with Crippen LogP contribution in [0.2, 0.25) is 0 Å². The SMILES string of the molecule is O=C(CCc1ccccc1F)NCC1=CCCCC1. The van der Waals surface area contributed by atoms with Crippen LogP contribution in [0.1, 0.15) is 37.7 Å². The molecule has 0 aliphatic heterocycles. The van der Waals surface area contributed by atoms with Crippen molar-refractivity contribution >= 4 is 5.91 Å². The number of carbonyl (C=O) groups excluding carboxylic acids is 1. The zero-order valence-corrected chi connectivity index (χ0v) is 11.1. The molecule has 1 aliphatic carbocycles. The van der Waals surface area contributed by atoms with Gasteiger partial charge in [-0.25, -0.2) is 4.39 Å². The van der Waals surface area contributed by atoms with Gasteiger partial charge in [-0.15, -0.1) is 0 Å². The Hall–Kier alpha value is -1.64. The standard InChI is InChI=1S/C16H20FNO/c17-15-9-5-4-8-14(15)10-11-16(19)18-12-13-6-2-1-3-7-13/h4-6,8-9H,1-3,7,10-12H2,(H,18,19). The van der Waals surface area contributed by atoms with Gasteiger partial charge in [-0.3, -0.25) is 4.79 Å². The number of aryl methyl sites for hydroxylation is 1. The quantitative estimate of drug-likeness (QED) is 0.809. The highest BCUT2D eigenvalue weighted by atomic mass is 19.1. The molecule has 0 fully saturated rings. The van der Waals surface area contributed by atoms with Gasteiger partial charge in [0.25, 0.3) is 0 Å². The molecular weight excluding hydrogens is 241 g/mol. The Balaban J connectivity index is 1.73. The Bertz CT molecular complexity index is 468. The molecule has 3 heteroatoms. The molecule has 0 bridgehead atoms. The summed E-state index contributed by atoms with van der Waals surface area (Å²) in [5.74, 6) is -0.236. The Kier molecular flexibility index (Phi) is 5.13. The minimum absolute atomic E-state index is 0.00488. The van der Waals surface area contributed by atoms with Crippen molar-refractivity contribution in [2.24, 2.45) is 0 Å². The lowest BCUT2D eigenvalue weighted by molar-refractivity contribution is -0.120. The van der Waals surface area contributed by atoms with Gasteiger partial charge in [0.05, 0.1) is 0 Å². The van der Waals surface area contributed by atoms with Crippen LogP contribution in [0.3, 0.4) is 0 Å². The molecule has 0 saturated carbocycles. The van der Waals surface area contributed by atoms with E-state index in [1.165, 1.54) is 24.5 Å². The first-order valence-corrected chi connectivity index (χ1v) is 6.94. The number of benzene rings is 1. The van der Waals surface area contributed by atoms with Gasteiger partial charge >= 0.3 is 0 Å². The van der Waals surface area contributed by atoms with E-state index in [9.17, 15) is 9.18 Å². The van der Waals surface area contributed by atoms with Crippen molar-refractivity contribution in [1.29, 1.82) is 0 Å². The fraction of sp³-hybridized carbons (Fsp3) is 0.438. The molecule has 1 aliphatic rings. The van der Waals surface area contributed by atoms with Crippen LogP contribution in [0.4, 0.5) is 4.39 Å². The fourth-order valence-electron chi connectivity index (χ4n) is 2.32. The minimum atomic E-state index is -0.231. The Morgan fingerprint density at radius 3 is 2.84 bits per heavy atom. The zero-order chi connectivity index (χ0) is 13.5. The summed E-state index contributed by atoms with van der Waals surface area (Å²) in [5, 5.41) is 2.91. The fourth-order valence-corrected chi connectivity index (χ4v) is 2.32. The number of nitrogens with one attached hydrogen (secondary N) is 1. The van der Waals surface area contributed by atoms with E-state index < -0.39 is 0 Å². The summed E-state index contributed by atoms with van der Waals surface area (Å²) >= 11 is 0. The van der Waals surface area contributed by atoms with E-state index in [-0.39, 0.29) is 11.7 Å². The Morgan fingerprint density at radius 1 is 1.26 bits per heavy atom. The zero-order valence-electron chi connectivity index (χ0n) is 11.1. The topological polar surface area (TPSA) is 29.1 Å². The first-order valence-electron chi connectivity index (χ1n) is 6.94. The van der Waals surface area contributed by atoms with Crippen LogP contribution in [-0.2, 0) is 11.2 Å². The van der Waals surface area contributed by atoms with E-state index in [2.05, 4.69) is 11.4 Å². The van der Waals surface area contributed by atoms with Crippen LogP contribution < -0.4 is 5.32 Å². The van der Waals surface area contributed by atoms with Crippen molar-refractivity contribution in [2.45, 2.75) is 38.5 Å². The second kappa shape index (κ2) is 7.07. The highest BCUT2D eigenvalue weighted by molar-refractivity contribution is 5.76. The molecule has 19 heavy (non-hydrogen) atoms. The van der Waals surface area contributed by atoms with Crippen molar-refractivity contribution < 1.29 is 9.18 Å². The molecule has 1 aromatic rings. The first-order chi connectivity index (χ1) is 9.25. The predicted molar refractivity (Wildman–Crippen MR) is 74.3 cm³/mol. The van der Waals surface area contributed by atoms with Crippen LogP contribution >= 0.6 is 0 Å². The van der Waals surface area contributed by atoms with E-state index in [1.54, 1.807) is 18.2 Å². The molecule has 0 radical (unpaired) electrons. The third kappa shape index (κ3) is 4.51. The summed E-state index contributed by atoms with van der Waals surface area (Å²) in [6.45, 7) is 0.649. The molecular formula is C16H20FNO. The van der Waals surface area contributed by atoms with Gasteiger partial charge in [0.15, 0.2) is 0 Å². The highest BCUT2D eigenvalue weighted by Gasteiger charge is 2.07. The number of carbonyl (C=O) groups is 1. The third-order valence-corrected chi connectivity index (χ3v) is 3.48. The molecule has 1 N–H and O–H groups in total. The van der Waals surface area contributed by atoms with Gasteiger partial charge in [-0.2, -0.15) is 0 Å². The number of halogens is 1. The molecule has 2 rings (SSSR count). The Morgan fingerprint density at radius 2 is 2.11 bits per heavy atom. The number of amides is 1. The molecule has 1 amide bonds. The summed E-state index contributed by atoms with van der Waals surface area (Å²) in [5.41, 5.74) is 1.93. The average Bonchev–Trinajstić information content (AvgIpc) is 2.45. The van der Waals surface area contributed by atoms with Crippen molar-refractivity contribution in [3.8, 4) is 0 Å². The molecule has 0 spiro atoms. The van der Waals surface area contributed by atoms with Crippen molar-refractivity contribution in [3.63, 3.8) is 0 Å². The highest BCUT2D eigenvalue weighted by Crippen LogP contribution is 2.16. The average molecular weight is 261 g/mol. The molecule has 0 aromatic heterocycles. The van der Waals surface area contributed by atoms with Crippen molar-refractivity contribution in [2.75, 3.05) is 6.54 Å². The van der Waals surface area contributed by atoms with E-state index in [1.807, 2.05) is 0 Å². The normalized spacial score (nSPS) is 14.9. The predicted octanol–water partition coefficient (Wildman–Crippen LogP) is 3.37. The van der Waals surface area contributed by atoms with Gasteiger partial charge in [0.1, 0.15) is 5.82 Å². The summed E-state index contributed by atoms with van der Waals surface area (Å²) in [6, 6.07) is 6.62. The lowest BCUT2D eigenvalue weighted by Crippen LogP contribution is -2.26. The van der Waals surface area contributed by atoms with Crippen LogP contribution in [0, 0.1) is 5.82 Å². The van der Waals surface area contributed by atoms with Gasteiger partial charge in [-0.05, 0) is 43.7 Å². The van der Waals surface area contributed by atoms with Gasteiger partial charge in [0.2, 0.25) is 5.91 Å². The number of hydrogen-bond donors (Lipinski definition) is 1. The second-order valence-corrected chi connectivity index (χ2v) is 4.98. The number of allylic oxidation sites excluding steroid dienone is 1. The van der Waals surface area contributed by atoms with Gasteiger partial charge < -0.3 is 5.32 Å². The van der Waals surface area contributed by atoms with E-state index in [0.29, 0.717) is 24.9 Å². The van der Waals surface area contributed by atoms with E-state index >= 15 is 0 Å². The second-order valence-electron chi connectivity index (χ2n) is 4.98. The van der Waals surface area contributed by atoms with Gasteiger partial charge in [-0.1, -0.05) is 29.8 Å². The molecule has 102 valence electrons.